The van der Waals surface area contributed by atoms with Crippen molar-refractivity contribution in [1.29, 1.82) is 0 Å². The molecule has 0 radical (unpaired) electrons. The number of nitrogens with zero attached hydrogens (tertiary/aromatic N) is 2. The van der Waals surface area contributed by atoms with Gasteiger partial charge < -0.3 is 10.3 Å². The highest BCUT2D eigenvalue weighted by atomic mass is 15.1. The zero-order valence-corrected chi connectivity index (χ0v) is 12.8. The minimum absolute atomic E-state index is 0.340. The summed E-state index contributed by atoms with van der Waals surface area (Å²) in [6.45, 7) is 8.79. The van der Waals surface area contributed by atoms with Crippen LogP contribution in [0, 0.1) is 0 Å². The lowest BCUT2D eigenvalue weighted by Gasteiger charge is -2.09. The molecule has 0 unspecified atom stereocenters. The van der Waals surface area contributed by atoms with Crippen LogP contribution in [0.1, 0.15) is 49.9 Å². The van der Waals surface area contributed by atoms with Gasteiger partial charge >= 0.3 is 0 Å². The number of rotatable bonds is 5. The fourth-order valence-corrected chi connectivity index (χ4v) is 2.79. The summed E-state index contributed by atoms with van der Waals surface area (Å²) in [5.74, 6) is 2.87. The monoisotopic (exact) mass is 281 g/mol. The number of allylic oxidation sites excluding steroid dienone is 1. The Hall–Kier alpha value is -2.03. The predicted molar refractivity (Wildman–Crippen MR) is 88.3 cm³/mol. The van der Waals surface area contributed by atoms with Gasteiger partial charge in [0, 0.05) is 18.0 Å². The van der Waals surface area contributed by atoms with Crippen LogP contribution in [0.3, 0.4) is 0 Å². The van der Waals surface area contributed by atoms with E-state index >= 15 is 0 Å². The molecule has 1 fully saturated rings. The number of nitrogens with two attached hydrogens (primary N) is 1. The van der Waals surface area contributed by atoms with Crippen LogP contribution in [0.25, 0.3) is 11.3 Å². The fraction of sp³-hybridized carbons (Fsp3) is 0.389. The molecule has 1 aliphatic carbocycles. The quantitative estimate of drug-likeness (QED) is 0.829. The van der Waals surface area contributed by atoms with E-state index < -0.39 is 0 Å². The van der Waals surface area contributed by atoms with E-state index in [1.807, 2.05) is 6.08 Å². The topological polar surface area (TPSA) is 43.8 Å². The first-order valence-electron chi connectivity index (χ1n) is 7.69. The molecule has 0 spiro atoms. The standard InChI is InChI=1S/C18H23N3/c1-4-11-21-17(19)16(20-18(21)12(2)3)15-9-7-14(8-10-15)13-5-6-13/h4,7-10,12-13H,1,5-6,11,19H2,2-3H3. The molecule has 0 aliphatic heterocycles. The van der Waals surface area contributed by atoms with Gasteiger partial charge in [-0.1, -0.05) is 44.2 Å². The molecule has 0 saturated heterocycles. The number of nitrogen functional groups attached to an aromatic ring is 1. The van der Waals surface area contributed by atoms with Crippen LogP contribution >= 0.6 is 0 Å². The lowest BCUT2D eigenvalue weighted by Crippen LogP contribution is -2.07. The number of hydrogen-bond acceptors (Lipinski definition) is 2. The van der Waals surface area contributed by atoms with Gasteiger partial charge in [0.2, 0.25) is 0 Å². The van der Waals surface area contributed by atoms with E-state index in [2.05, 4.69) is 49.3 Å². The van der Waals surface area contributed by atoms with Crippen molar-refractivity contribution in [2.24, 2.45) is 0 Å². The predicted octanol–water partition coefficient (Wildman–Crippen LogP) is 4.32. The first-order chi connectivity index (χ1) is 10.1. The van der Waals surface area contributed by atoms with E-state index in [0.29, 0.717) is 12.5 Å². The van der Waals surface area contributed by atoms with Gasteiger partial charge in [0.15, 0.2) is 0 Å². The average Bonchev–Trinajstić information content (AvgIpc) is 3.26. The second-order valence-electron chi connectivity index (χ2n) is 6.15. The van der Waals surface area contributed by atoms with Crippen LogP contribution in [0.5, 0.6) is 0 Å². The van der Waals surface area contributed by atoms with Gasteiger partial charge in [0.1, 0.15) is 17.3 Å². The van der Waals surface area contributed by atoms with E-state index in [0.717, 1.165) is 28.8 Å². The lowest BCUT2D eigenvalue weighted by atomic mass is 10.1. The van der Waals surface area contributed by atoms with Crippen LogP contribution in [-0.2, 0) is 6.54 Å². The fourth-order valence-electron chi connectivity index (χ4n) is 2.79. The first kappa shape index (κ1) is 13.9. The second kappa shape index (κ2) is 5.40. The molecule has 1 heterocycles. The van der Waals surface area contributed by atoms with Gasteiger partial charge in [-0.25, -0.2) is 4.98 Å². The summed E-state index contributed by atoms with van der Waals surface area (Å²) >= 11 is 0. The van der Waals surface area contributed by atoms with Crippen molar-refractivity contribution in [3.63, 3.8) is 0 Å². The summed E-state index contributed by atoms with van der Waals surface area (Å²) in [7, 11) is 0. The molecule has 0 bridgehead atoms. The molecule has 1 aliphatic rings. The minimum atomic E-state index is 0.340. The molecule has 0 amide bonds. The maximum Gasteiger partial charge on any atom is 0.132 e. The number of anilines is 1. The van der Waals surface area contributed by atoms with Gasteiger partial charge in [-0.2, -0.15) is 0 Å². The zero-order chi connectivity index (χ0) is 15.0. The molecular weight excluding hydrogens is 258 g/mol. The Morgan fingerprint density at radius 2 is 2.00 bits per heavy atom. The molecule has 2 aromatic rings. The summed E-state index contributed by atoms with van der Waals surface area (Å²) in [4.78, 5) is 4.78. The van der Waals surface area contributed by atoms with E-state index in [1.54, 1.807) is 0 Å². The first-order valence-corrected chi connectivity index (χ1v) is 7.69. The van der Waals surface area contributed by atoms with Crippen LogP contribution in [0.2, 0.25) is 0 Å². The molecule has 2 N–H and O–H groups in total. The molecule has 3 heteroatoms. The summed E-state index contributed by atoms with van der Waals surface area (Å²) < 4.78 is 2.06. The molecular formula is C18H23N3. The maximum atomic E-state index is 6.32. The van der Waals surface area contributed by atoms with Crippen molar-refractivity contribution < 1.29 is 0 Å². The summed E-state index contributed by atoms with van der Waals surface area (Å²) in [5.41, 5.74) is 9.75. The normalized spacial score (nSPS) is 14.6. The molecule has 0 atom stereocenters. The highest BCUT2D eigenvalue weighted by Gasteiger charge is 2.23. The Balaban J connectivity index is 2.00. The van der Waals surface area contributed by atoms with Gasteiger partial charge in [0.05, 0.1) is 0 Å². The van der Waals surface area contributed by atoms with E-state index in [4.69, 9.17) is 10.7 Å². The van der Waals surface area contributed by atoms with Crippen molar-refractivity contribution in [2.75, 3.05) is 5.73 Å². The number of benzene rings is 1. The Morgan fingerprint density at radius 1 is 1.33 bits per heavy atom. The summed E-state index contributed by atoms with van der Waals surface area (Å²) in [6.07, 6.45) is 4.52. The van der Waals surface area contributed by atoms with Gasteiger partial charge in [0.25, 0.3) is 0 Å². The molecule has 1 aromatic heterocycles. The third kappa shape index (κ3) is 2.60. The van der Waals surface area contributed by atoms with Crippen LogP contribution < -0.4 is 5.73 Å². The zero-order valence-electron chi connectivity index (χ0n) is 12.8. The SMILES string of the molecule is C=CCn1c(C(C)C)nc(-c2ccc(C3CC3)cc2)c1N. The van der Waals surface area contributed by atoms with Gasteiger partial charge in [-0.05, 0) is 24.3 Å². The Morgan fingerprint density at radius 3 is 2.52 bits per heavy atom. The molecule has 110 valence electrons. The number of imidazole rings is 1. The third-order valence-corrected chi connectivity index (χ3v) is 4.10. The molecule has 1 saturated carbocycles. The maximum absolute atomic E-state index is 6.32. The molecule has 3 rings (SSSR count). The highest BCUT2D eigenvalue weighted by Crippen LogP contribution is 2.40. The van der Waals surface area contributed by atoms with Gasteiger partial charge in [-0.15, -0.1) is 6.58 Å². The second-order valence-corrected chi connectivity index (χ2v) is 6.15. The largest absolute Gasteiger partial charge is 0.383 e. The Kier molecular flexibility index (Phi) is 3.58. The van der Waals surface area contributed by atoms with E-state index in [1.165, 1.54) is 18.4 Å². The van der Waals surface area contributed by atoms with E-state index in [-0.39, 0.29) is 0 Å². The Bertz CT molecular complexity index is 646. The van der Waals surface area contributed by atoms with Crippen LogP contribution in [0.15, 0.2) is 36.9 Å². The van der Waals surface area contributed by atoms with Crippen molar-refractivity contribution in [1.82, 2.24) is 9.55 Å². The minimum Gasteiger partial charge on any atom is -0.383 e. The van der Waals surface area contributed by atoms with E-state index in [9.17, 15) is 0 Å². The number of aromatic nitrogens is 2. The van der Waals surface area contributed by atoms with Crippen LogP contribution in [-0.4, -0.2) is 9.55 Å². The van der Waals surface area contributed by atoms with Crippen molar-refractivity contribution >= 4 is 5.82 Å². The van der Waals surface area contributed by atoms with Crippen LogP contribution in [0.4, 0.5) is 5.82 Å². The average molecular weight is 281 g/mol. The van der Waals surface area contributed by atoms with Crippen molar-refractivity contribution in [3.05, 3.63) is 48.3 Å². The third-order valence-electron chi connectivity index (χ3n) is 4.10. The smallest absolute Gasteiger partial charge is 0.132 e. The molecule has 3 nitrogen and oxygen atoms in total. The Labute approximate surface area is 126 Å². The lowest BCUT2D eigenvalue weighted by molar-refractivity contribution is 0.684. The number of hydrogen-bond donors (Lipinski definition) is 1. The summed E-state index contributed by atoms with van der Waals surface area (Å²) in [5, 5.41) is 0. The summed E-state index contributed by atoms with van der Waals surface area (Å²) in [6, 6.07) is 8.73. The highest BCUT2D eigenvalue weighted by molar-refractivity contribution is 5.71. The van der Waals surface area contributed by atoms with Crippen molar-refractivity contribution in [2.45, 2.75) is 45.1 Å². The van der Waals surface area contributed by atoms with Crippen molar-refractivity contribution in [3.8, 4) is 11.3 Å². The molecule has 1 aromatic carbocycles. The van der Waals surface area contributed by atoms with Gasteiger partial charge in [-0.3, -0.25) is 0 Å². The molecule has 21 heavy (non-hydrogen) atoms.